The summed E-state index contributed by atoms with van der Waals surface area (Å²) in [4.78, 5) is 24.0. The molecule has 1 amide bonds. The van der Waals surface area contributed by atoms with Gasteiger partial charge in [-0.25, -0.2) is 4.79 Å². The van der Waals surface area contributed by atoms with Gasteiger partial charge in [-0.1, -0.05) is 6.07 Å². The number of ether oxygens (including phenoxy) is 1. The number of rotatable bonds is 3. The Hall–Kier alpha value is -2.04. The summed E-state index contributed by atoms with van der Waals surface area (Å²) in [5.74, 6) is -0.402. The number of nitrogens with zero attached hydrogens (tertiary/aromatic N) is 1. The van der Waals surface area contributed by atoms with Gasteiger partial charge in [-0.15, -0.1) is 0 Å². The van der Waals surface area contributed by atoms with Crippen LogP contribution in [0.3, 0.4) is 0 Å². The molecular formula is C13H15NO4. The van der Waals surface area contributed by atoms with Crippen molar-refractivity contribution in [3.63, 3.8) is 0 Å². The number of benzene rings is 1. The third-order valence-electron chi connectivity index (χ3n) is 3.08. The van der Waals surface area contributed by atoms with Crippen LogP contribution in [0.5, 0.6) is 5.75 Å². The van der Waals surface area contributed by atoms with Crippen LogP contribution in [-0.4, -0.2) is 30.1 Å². The molecule has 0 spiro atoms. The summed E-state index contributed by atoms with van der Waals surface area (Å²) in [6.45, 7) is 1.49. The minimum absolute atomic E-state index is 0.0610. The smallest absolute Gasteiger partial charge is 0.344 e. The van der Waals surface area contributed by atoms with Crippen molar-refractivity contribution < 1.29 is 19.4 Å². The Bertz CT molecular complexity index is 498. The summed E-state index contributed by atoms with van der Waals surface area (Å²) >= 11 is 0. The monoisotopic (exact) mass is 249 g/mol. The van der Waals surface area contributed by atoms with E-state index in [0.29, 0.717) is 18.6 Å². The zero-order valence-electron chi connectivity index (χ0n) is 10.3. The van der Waals surface area contributed by atoms with Gasteiger partial charge in [-0.2, -0.15) is 0 Å². The molecule has 0 saturated carbocycles. The standard InChI is InChI=1S/C13H15NO4/c1-8(13(16)17)18-11-5-3-4-10-9(11)6-7-12(15)14(10)2/h3-5,8H,6-7H2,1-2H3,(H,16,17). The Morgan fingerprint density at radius 2 is 2.17 bits per heavy atom. The van der Waals surface area contributed by atoms with Gasteiger partial charge >= 0.3 is 5.97 Å². The molecule has 1 aliphatic heterocycles. The Labute approximate surface area is 105 Å². The summed E-state index contributed by atoms with van der Waals surface area (Å²) in [6.07, 6.45) is 0.103. The summed E-state index contributed by atoms with van der Waals surface area (Å²) < 4.78 is 5.42. The van der Waals surface area contributed by atoms with Crippen LogP contribution in [0.25, 0.3) is 0 Å². The first kappa shape index (κ1) is 12.4. The van der Waals surface area contributed by atoms with Gasteiger partial charge in [0.2, 0.25) is 5.91 Å². The molecule has 96 valence electrons. The van der Waals surface area contributed by atoms with Gasteiger partial charge in [0.15, 0.2) is 6.10 Å². The minimum Gasteiger partial charge on any atom is -0.479 e. The van der Waals surface area contributed by atoms with E-state index in [9.17, 15) is 9.59 Å². The Kier molecular flexibility index (Phi) is 3.23. The predicted molar refractivity (Wildman–Crippen MR) is 65.9 cm³/mol. The Balaban J connectivity index is 2.34. The Morgan fingerprint density at radius 1 is 1.44 bits per heavy atom. The summed E-state index contributed by atoms with van der Waals surface area (Å²) in [5.41, 5.74) is 1.69. The van der Waals surface area contributed by atoms with Crippen molar-refractivity contribution in [2.24, 2.45) is 0 Å². The summed E-state index contributed by atoms with van der Waals surface area (Å²) in [7, 11) is 1.71. The molecule has 5 nitrogen and oxygen atoms in total. The van der Waals surface area contributed by atoms with E-state index in [1.807, 2.05) is 6.07 Å². The van der Waals surface area contributed by atoms with E-state index in [2.05, 4.69) is 0 Å². The number of carbonyl (C=O) groups is 2. The van der Waals surface area contributed by atoms with Crippen LogP contribution < -0.4 is 9.64 Å². The number of fused-ring (bicyclic) bond motifs is 1. The van der Waals surface area contributed by atoms with E-state index in [1.54, 1.807) is 24.1 Å². The van der Waals surface area contributed by atoms with Crippen LogP contribution in [0.2, 0.25) is 0 Å². The number of hydrogen-bond acceptors (Lipinski definition) is 3. The van der Waals surface area contributed by atoms with Crippen LogP contribution in [-0.2, 0) is 16.0 Å². The highest BCUT2D eigenvalue weighted by Crippen LogP contribution is 2.34. The highest BCUT2D eigenvalue weighted by atomic mass is 16.5. The SMILES string of the molecule is CC(Oc1cccc2c1CCC(=O)N2C)C(=O)O. The largest absolute Gasteiger partial charge is 0.479 e. The third kappa shape index (κ3) is 2.16. The van der Waals surface area contributed by atoms with Crippen molar-refractivity contribution in [3.05, 3.63) is 23.8 Å². The maximum Gasteiger partial charge on any atom is 0.344 e. The van der Waals surface area contributed by atoms with Crippen molar-refractivity contribution in [2.45, 2.75) is 25.9 Å². The van der Waals surface area contributed by atoms with Crippen LogP contribution in [0.15, 0.2) is 18.2 Å². The molecule has 0 radical (unpaired) electrons. The highest BCUT2D eigenvalue weighted by molar-refractivity contribution is 5.96. The van der Waals surface area contributed by atoms with Gasteiger partial charge < -0.3 is 14.7 Å². The number of amides is 1. The molecule has 1 aliphatic rings. The number of anilines is 1. The van der Waals surface area contributed by atoms with Crippen LogP contribution in [0.1, 0.15) is 18.9 Å². The van der Waals surface area contributed by atoms with Crippen LogP contribution in [0.4, 0.5) is 5.69 Å². The lowest BCUT2D eigenvalue weighted by molar-refractivity contribution is -0.144. The van der Waals surface area contributed by atoms with E-state index < -0.39 is 12.1 Å². The van der Waals surface area contributed by atoms with Gasteiger partial charge in [0, 0.05) is 19.0 Å². The van der Waals surface area contributed by atoms with E-state index in [0.717, 1.165) is 11.3 Å². The zero-order chi connectivity index (χ0) is 13.3. The molecule has 0 bridgehead atoms. The number of carbonyl (C=O) groups excluding carboxylic acids is 1. The number of carboxylic acid groups (broad SMARTS) is 1. The molecule has 0 fully saturated rings. The van der Waals surface area contributed by atoms with Gasteiger partial charge in [0.1, 0.15) is 5.75 Å². The maximum absolute atomic E-state index is 11.6. The topological polar surface area (TPSA) is 66.8 Å². The number of carboxylic acids is 1. The summed E-state index contributed by atoms with van der Waals surface area (Å²) in [6, 6.07) is 5.34. The van der Waals surface area contributed by atoms with Crippen molar-refractivity contribution in [3.8, 4) is 5.75 Å². The molecule has 0 saturated heterocycles. The fraction of sp³-hybridized carbons (Fsp3) is 0.385. The molecule has 0 aromatic heterocycles. The second kappa shape index (κ2) is 4.68. The lowest BCUT2D eigenvalue weighted by atomic mass is 10.0. The fourth-order valence-electron chi connectivity index (χ4n) is 2.00. The molecule has 0 aliphatic carbocycles. The minimum atomic E-state index is -1.01. The fourth-order valence-corrected chi connectivity index (χ4v) is 2.00. The molecule has 5 heteroatoms. The second-order valence-corrected chi connectivity index (χ2v) is 4.30. The molecule has 2 rings (SSSR count). The maximum atomic E-state index is 11.6. The molecule has 1 heterocycles. The highest BCUT2D eigenvalue weighted by Gasteiger charge is 2.24. The van der Waals surface area contributed by atoms with Gasteiger partial charge in [0.05, 0.1) is 5.69 Å². The normalized spacial score (nSPS) is 16.1. The van der Waals surface area contributed by atoms with E-state index in [4.69, 9.17) is 9.84 Å². The quantitative estimate of drug-likeness (QED) is 0.880. The molecular weight excluding hydrogens is 234 g/mol. The van der Waals surface area contributed by atoms with Gasteiger partial charge in [0.25, 0.3) is 0 Å². The first-order valence-electron chi connectivity index (χ1n) is 5.78. The Morgan fingerprint density at radius 3 is 2.83 bits per heavy atom. The molecule has 1 atom stereocenters. The molecule has 18 heavy (non-hydrogen) atoms. The van der Waals surface area contributed by atoms with Crippen molar-refractivity contribution in [1.29, 1.82) is 0 Å². The first-order chi connectivity index (χ1) is 8.50. The van der Waals surface area contributed by atoms with E-state index in [1.165, 1.54) is 6.92 Å². The number of hydrogen-bond donors (Lipinski definition) is 1. The molecule has 1 N–H and O–H groups in total. The summed E-state index contributed by atoms with van der Waals surface area (Å²) in [5, 5.41) is 8.85. The molecule has 1 aromatic rings. The van der Waals surface area contributed by atoms with E-state index >= 15 is 0 Å². The van der Waals surface area contributed by atoms with Crippen molar-refractivity contribution >= 4 is 17.6 Å². The lowest BCUT2D eigenvalue weighted by Crippen LogP contribution is -2.32. The van der Waals surface area contributed by atoms with Gasteiger partial charge in [-0.05, 0) is 25.5 Å². The second-order valence-electron chi connectivity index (χ2n) is 4.30. The van der Waals surface area contributed by atoms with Crippen LogP contribution in [0, 0.1) is 0 Å². The third-order valence-corrected chi connectivity index (χ3v) is 3.08. The van der Waals surface area contributed by atoms with Crippen molar-refractivity contribution in [2.75, 3.05) is 11.9 Å². The average Bonchev–Trinajstić information content (AvgIpc) is 2.34. The van der Waals surface area contributed by atoms with Crippen LogP contribution >= 0.6 is 0 Å². The molecule has 1 unspecified atom stereocenters. The number of aliphatic carboxylic acids is 1. The van der Waals surface area contributed by atoms with Gasteiger partial charge in [-0.3, -0.25) is 4.79 Å². The van der Waals surface area contributed by atoms with E-state index in [-0.39, 0.29) is 5.91 Å². The lowest BCUT2D eigenvalue weighted by Gasteiger charge is -2.27. The molecule has 1 aromatic carbocycles. The van der Waals surface area contributed by atoms with Crippen molar-refractivity contribution in [1.82, 2.24) is 0 Å². The average molecular weight is 249 g/mol. The zero-order valence-corrected chi connectivity index (χ0v) is 10.3. The first-order valence-corrected chi connectivity index (χ1v) is 5.78. The predicted octanol–water partition coefficient (Wildman–Crippen LogP) is 1.45.